The van der Waals surface area contributed by atoms with E-state index in [1.165, 1.54) is 26.4 Å². The highest BCUT2D eigenvalue weighted by atomic mass is 16.5. The van der Waals surface area contributed by atoms with E-state index in [-0.39, 0.29) is 22.4 Å². The topological polar surface area (TPSA) is 76.4 Å². The molecule has 1 rings (SSSR count). The molecule has 0 aromatic heterocycles. The molecule has 0 saturated heterocycles. The Morgan fingerprint density at radius 1 is 1.44 bits per heavy atom. The van der Waals surface area contributed by atoms with Gasteiger partial charge in [0, 0.05) is 5.56 Å². The minimum atomic E-state index is -0.620. The van der Waals surface area contributed by atoms with Crippen LogP contribution in [-0.4, -0.2) is 26.5 Å². The number of benzene rings is 1. The Kier molecular flexibility index (Phi) is 3.62. The maximum absolute atomic E-state index is 11.4. The minimum Gasteiger partial charge on any atom is -0.496 e. The van der Waals surface area contributed by atoms with Crippen LogP contribution >= 0.6 is 0 Å². The van der Waals surface area contributed by atoms with Gasteiger partial charge in [-0.3, -0.25) is 4.79 Å². The second kappa shape index (κ2) is 4.94. The summed E-state index contributed by atoms with van der Waals surface area (Å²) in [6.07, 6.45) is 0.530. The second-order valence-corrected chi connectivity index (χ2v) is 2.86. The van der Waals surface area contributed by atoms with Crippen molar-refractivity contribution in [3.8, 4) is 11.8 Å². The molecule has 0 unspecified atom stereocenters. The predicted octanol–water partition coefficient (Wildman–Crippen LogP) is 1.17. The molecule has 0 atom stereocenters. The molecule has 0 heterocycles. The summed E-state index contributed by atoms with van der Waals surface area (Å²) in [6.45, 7) is 0. The number of hydrogen-bond donors (Lipinski definition) is 0. The number of ether oxygens (including phenoxy) is 2. The molecule has 0 fully saturated rings. The van der Waals surface area contributed by atoms with Crippen molar-refractivity contribution in [2.75, 3.05) is 14.2 Å². The summed E-state index contributed by atoms with van der Waals surface area (Å²) in [7, 11) is 2.59. The molecule has 1 aromatic rings. The van der Waals surface area contributed by atoms with Gasteiger partial charge >= 0.3 is 5.97 Å². The number of aldehydes is 1. The van der Waals surface area contributed by atoms with Gasteiger partial charge in [-0.15, -0.1) is 0 Å². The maximum atomic E-state index is 11.4. The fourth-order valence-corrected chi connectivity index (χ4v) is 1.23. The van der Waals surface area contributed by atoms with E-state index in [2.05, 4.69) is 4.74 Å². The van der Waals surface area contributed by atoms with Gasteiger partial charge in [-0.05, 0) is 12.1 Å². The molecule has 0 amide bonds. The van der Waals surface area contributed by atoms with Crippen LogP contribution in [0.15, 0.2) is 12.1 Å². The number of carbonyl (C=O) groups excluding carboxylic acids is 2. The standard InChI is InChI=1S/C11H9NO4/c1-15-10-4-8(6-13)7(5-12)3-9(10)11(14)16-2/h3-4,6H,1-2H3. The van der Waals surface area contributed by atoms with E-state index in [4.69, 9.17) is 10.00 Å². The van der Waals surface area contributed by atoms with E-state index in [1.54, 1.807) is 0 Å². The number of rotatable bonds is 3. The Bertz CT molecular complexity index is 474. The highest BCUT2D eigenvalue weighted by Gasteiger charge is 2.16. The lowest BCUT2D eigenvalue weighted by Crippen LogP contribution is -2.06. The van der Waals surface area contributed by atoms with E-state index in [0.29, 0.717) is 6.29 Å². The van der Waals surface area contributed by atoms with Crippen LogP contribution in [-0.2, 0) is 4.74 Å². The predicted molar refractivity (Wildman–Crippen MR) is 54.4 cm³/mol. The molecule has 5 heteroatoms. The Hall–Kier alpha value is -2.35. The summed E-state index contributed by atoms with van der Waals surface area (Å²) in [5.74, 6) is -0.418. The summed E-state index contributed by atoms with van der Waals surface area (Å²) in [5, 5.41) is 8.79. The van der Waals surface area contributed by atoms with E-state index >= 15 is 0 Å². The lowest BCUT2D eigenvalue weighted by Gasteiger charge is -2.08. The van der Waals surface area contributed by atoms with Crippen LogP contribution in [0.3, 0.4) is 0 Å². The first-order valence-corrected chi connectivity index (χ1v) is 4.33. The third-order valence-corrected chi connectivity index (χ3v) is 2.02. The SMILES string of the molecule is COC(=O)c1cc(C#N)c(C=O)cc1OC. The number of carbonyl (C=O) groups is 2. The molecular formula is C11H9NO4. The molecule has 0 saturated carbocycles. The fraction of sp³-hybridized carbons (Fsp3) is 0.182. The average Bonchev–Trinajstić information content (AvgIpc) is 2.35. The molecule has 0 bridgehead atoms. The molecule has 16 heavy (non-hydrogen) atoms. The minimum absolute atomic E-state index is 0.108. The molecule has 0 N–H and O–H groups in total. The van der Waals surface area contributed by atoms with Crippen LogP contribution in [0.4, 0.5) is 0 Å². The Morgan fingerprint density at radius 2 is 2.12 bits per heavy atom. The highest BCUT2D eigenvalue weighted by molar-refractivity contribution is 5.95. The number of hydrogen-bond acceptors (Lipinski definition) is 5. The molecule has 0 aliphatic carbocycles. The highest BCUT2D eigenvalue weighted by Crippen LogP contribution is 2.23. The number of nitriles is 1. The van der Waals surface area contributed by atoms with Crippen LogP contribution in [0.2, 0.25) is 0 Å². The number of methoxy groups -OCH3 is 2. The normalized spacial score (nSPS) is 9.06. The van der Waals surface area contributed by atoms with Gasteiger partial charge in [-0.2, -0.15) is 5.26 Å². The first-order chi connectivity index (χ1) is 7.67. The quantitative estimate of drug-likeness (QED) is 0.563. The van der Waals surface area contributed by atoms with Crippen molar-refractivity contribution in [1.82, 2.24) is 0 Å². The van der Waals surface area contributed by atoms with Crippen LogP contribution in [0, 0.1) is 11.3 Å². The largest absolute Gasteiger partial charge is 0.496 e. The summed E-state index contributed by atoms with van der Waals surface area (Å²) >= 11 is 0. The fourth-order valence-electron chi connectivity index (χ4n) is 1.23. The molecule has 0 radical (unpaired) electrons. The van der Waals surface area contributed by atoms with Crippen molar-refractivity contribution >= 4 is 12.3 Å². The molecule has 0 aliphatic heterocycles. The van der Waals surface area contributed by atoms with Gasteiger partial charge in [-0.25, -0.2) is 4.79 Å². The third-order valence-electron chi connectivity index (χ3n) is 2.02. The zero-order chi connectivity index (χ0) is 12.1. The average molecular weight is 219 g/mol. The van der Waals surface area contributed by atoms with Gasteiger partial charge in [-0.1, -0.05) is 0 Å². The van der Waals surface area contributed by atoms with Gasteiger partial charge in [0.05, 0.1) is 25.9 Å². The third kappa shape index (κ3) is 2.01. The van der Waals surface area contributed by atoms with E-state index in [9.17, 15) is 9.59 Å². The Morgan fingerprint density at radius 3 is 2.56 bits per heavy atom. The van der Waals surface area contributed by atoms with Crippen molar-refractivity contribution in [1.29, 1.82) is 5.26 Å². The van der Waals surface area contributed by atoms with Crippen molar-refractivity contribution in [2.45, 2.75) is 0 Å². The van der Waals surface area contributed by atoms with Crippen molar-refractivity contribution in [2.24, 2.45) is 0 Å². The first-order valence-electron chi connectivity index (χ1n) is 4.33. The monoisotopic (exact) mass is 219 g/mol. The number of nitrogens with zero attached hydrogens (tertiary/aromatic N) is 1. The van der Waals surface area contributed by atoms with Gasteiger partial charge in [0.25, 0.3) is 0 Å². The summed E-state index contributed by atoms with van der Waals surface area (Å²) < 4.78 is 9.48. The second-order valence-electron chi connectivity index (χ2n) is 2.86. The number of esters is 1. The van der Waals surface area contributed by atoms with Crippen LogP contribution in [0.25, 0.3) is 0 Å². The molecule has 82 valence electrons. The molecular weight excluding hydrogens is 210 g/mol. The smallest absolute Gasteiger partial charge is 0.341 e. The Balaban J connectivity index is 3.44. The van der Waals surface area contributed by atoms with E-state index in [1.807, 2.05) is 6.07 Å². The van der Waals surface area contributed by atoms with Crippen LogP contribution in [0.1, 0.15) is 26.3 Å². The van der Waals surface area contributed by atoms with E-state index in [0.717, 1.165) is 0 Å². The van der Waals surface area contributed by atoms with Gasteiger partial charge in [0.1, 0.15) is 11.3 Å². The summed E-state index contributed by atoms with van der Waals surface area (Å²) in [6, 6.07) is 4.43. The zero-order valence-corrected chi connectivity index (χ0v) is 8.81. The first kappa shape index (κ1) is 11.7. The zero-order valence-electron chi connectivity index (χ0n) is 8.81. The van der Waals surface area contributed by atoms with E-state index < -0.39 is 5.97 Å². The lowest BCUT2D eigenvalue weighted by atomic mass is 10.0. The van der Waals surface area contributed by atoms with Crippen LogP contribution in [0.5, 0.6) is 5.75 Å². The lowest BCUT2D eigenvalue weighted by molar-refractivity contribution is 0.0596. The molecule has 0 spiro atoms. The van der Waals surface area contributed by atoms with Gasteiger partial charge < -0.3 is 9.47 Å². The molecule has 0 aliphatic rings. The molecule has 5 nitrogen and oxygen atoms in total. The van der Waals surface area contributed by atoms with Crippen molar-refractivity contribution in [3.05, 3.63) is 28.8 Å². The Labute approximate surface area is 92.2 Å². The van der Waals surface area contributed by atoms with Crippen LogP contribution < -0.4 is 4.74 Å². The van der Waals surface area contributed by atoms with Crippen molar-refractivity contribution < 1.29 is 19.1 Å². The van der Waals surface area contributed by atoms with Gasteiger partial charge in [0.2, 0.25) is 0 Å². The van der Waals surface area contributed by atoms with Crippen molar-refractivity contribution in [3.63, 3.8) is 0 Å². The summed E-state index contributed by atoms with van der Waals surface area (Å²) in [5.41, 5.74) is 0.398. The van der Waals surface area contributed by atoms with Gasteiger partial charge in [0.15, 0.2) is 6.29 Å². The molecule has 1 aromatic carbocycles. The maximum Gasteiger partial charge on any atom is 0.341 e. The summed E-state index contributed by atoms with van der Waals surface area (Å²) in [4.78, 5) is 22.0.